The summed E-state index contributed by atoms with van der Waals surface area (Å²) in [5.74, 6) is -2.09. The molecule has 0 radical (unpaired) electrons. The topological polar surface area (TPSA) is 127 Å². The second kappa shape index (κ2) is 23.5. The lowest BCUT2D eigenvalue weighted by Gasteiger charge is -2.24. The third-order valence-electron chi connectivity index (χ3n) is 10.9. The highest BCUT2D eigenvalue weighted by molar-refractivity contribution is 5.91. The molecule has 63 heavy (non-hydrogen) atoms. The van der Waals surface area contributed by atoms with Crippen LogP contribution in [0.2, 0.25) is 0 Å². The molecule has 0 aliphatic rings. The highest BCUT2D eigenvalue weighted by atomic mass is 16.6. The van der Waals surface area contributed by atoms with Gasteiger partial charge in [-0.3, -0.25) is 24.0 Å². The molecule has 1 aromatic heterocycles. The molecule has 0 aliphatic heterocycles. The van der Waals surface area contributed by atoms with E-state index in [9.17, 15) is 24.0 Å². The number of esters is 4. The molecule has 3 aromatic rings. The molecule has 350 valence electrons. The van der Waals surface area contributed by atoms with E-state index >= 15 is 0 Å². The Labute approximate surface area is 378 Å². The predicted octanol–water partition coefficient (Wildman–Crippen LogP) is 13.7. The van der Waals surface area contributed by atoms with E-state index in [1.54, 1.807) is 107 Å². The molecule has 0 amide bonds. The number of rotatable bonds is 22. The molecule has 0 bridgehead atoms. The van der Waals surface area contributed by atoms with E-state index in [1.165, 1.54) is 89.2 Å². The predicted molar refractivity (Wildman–Crippen MR) is 254 cm³/mol. The van der Waals surface area contributed by atoms with Gasteiger partial charge >= 0.3 is 23.9 Å². The Morgan fingerprint density at radius 3 is 1.35 bits per heavy atom. The minimum Gasteiger partial charge on any atom is -0.426 e. The van der Waals surface area contributed by atoms with Crippen molar-refractivity contribution in [3.05, 3.63) is 46.6 Å². The second-order valence-electron chi connectivity index (χ2n) is 21.4. The van der Waals surface area contributed by atoms with E-state index < -0.39 is 51.0 Å². The maximum atomic E-state index is 14.6. The van der Waals surface area contributed by atoms with Crippen LogP contribution in [0.15, 0.2) is 41.2 Å². The fraction of sp³-hybridized carbons (Fsp3) is 0.642. The van der Waals surface area contributed by atoms with Crippen molar-refractivity contribution in [2.45, 2.75) is 199 Å². The van der Waals surface area contributed by atoms with Crippen molar-refractivity contribution in [3.8, 4) is 34.3 Å². The Morgan fingerprint density at radius 2 is 0.889 bits per heavy atom. The fourth-order valence-corrected chi connectivity index (χ4v) is 6.73. The van der Waals surface area contributed by atoms with Gasteiger partial charge in [-0.1, -0.05) is 103 Å². The van der Waals surface area contributed by atoms with Gasteiger partial charge in [0, 0.05) is 23.6 Å². The SMILES string of the molecule is CCCCCCCCCCCCCCCCCCn1c(-c2ccc(OC(=O)C(C)(C)C)c(OC(=O)C(C)(C)C)c2)c(OC(=O)C(C)(C)C)c(=O)c2ccc(OC(=O)C(C)(C)C)cc21. The lowest BCUT2D eigenvalue weighted by atomic mass is 9.97. The maximum Gasteiger partial charge on any atom is 0.316 e. The van der Waals surface area contributed by atoms with Crippen molar-refractivity contribution in [1.29, 1.82) is 0 Å². The molecule has 0 atom stereocenters. The molecule has 10 heteroatoms. The number of benzene rings is 2. The van der Waals surface area contributed by atoms with Crippen LogP contribution < -0.4 is 24.4 Å². The molecule has 2 aromatic carbocycles. The lowest BCUT2D eigenvalue weighted by Crippen LogP contribution is -2.29. The number of nitrogens with zero attached hydrogens (tertiary/aromatic N) is 1. The zero-order valence-corrected chi connectivity index (χ0v) is 41.1. The Hall–Kier alpha value is -4.47. The molecular weight excluding hydrogens is 795 g/mol. The fourth-order valence-electron chi connectivity index (χ4n) is 6.73. The number of carbonyl (C=O) groups excluding carboxylic acids is 4. The Morgan fingerprint density at radius 1 is 0.476 bits per heavy atom. The molecule has 0 aliphatic carbocycles. The molecule has 0 N–H and O–H groups in total. The highest BCUT2D eigenvalue weighted by Gasteiger charge is 2.32. The van der Waals surface area contributed by atoms with Gasteiger partial charge in [0.1, 0.15) is 5.75 Å². The first-order valence-corrected chi connectivity index (χ1v) is 23.6. The number of fused-ring (bicyclic) bond motifs is 1. The van der Waals surface area contributed by atoms with Crippen LogP contribution in [0.5, 0.6) is 23.0 Å². The average Bonchev–Trinajstić information content (AvgIpc) is 3.18. The van der Waals surface area contributed by atoms with Crippen molar-refractivity contribution < 1.29 is 38.1 Å². The third-order valence-corrected chi connectivity index (χ3v) is 10.9. The lowest BCUT2D eigenvalue weighted by molar-refractivity contribution is -0.145. The zero-order valence-electron chi connectivity index (χ0n) is 41.1. The van der Waals surface area contributed by atoms with Crippen LogP contribution in [0.1, 0.15) is 193 Å². The van der Waals surface area contributed by atoms with E-state index in [1.807, 2.05) is 4.57 Å². The summed E-state index contributed by atoms with van der Waals surface area (Å²) in [5, 5.41) is 0.276. The summed E-state index contributed by atoms with van der Waals surface area (Å²) in [6.45, 7) is 23.4. The van der Waals surface area contributed by atoms with Gasteiger partial charge in [-0.25, -0.2) is 0 Å². The van der Waals surface area contributed by atoms with Crippen molar-refractivity contribution in [1.82, 2.24) is 4.57 Å². The van der Waals surface area contributed by atoms with Crippen LogP contribution in [0.4, 0.5) is 0 Å². The molecule has 0 saturated carbocycles. The summed E-state index contributed by atoms with van der Waals surface area (Å²) in [5.41, 5.74) is -2.92. The van der Waals surface area contributed by atoms with E-state index in [-0.39, 0.29) is 34.1 Å². The van der Waals surface area contributed by atoms with Crippen LogP contribution in [0.25, 0.3) is 22.2 Å². The number of ether oxygens (including phenoxy) is 4. The Balaban J connectivity index is 2.08. The summed E-state index contributed by atoms with van der Waals surface area (Å²) in [4.78, 5) is 67.8. The summed E-state index contributed by atoms with van der Waals surface area (Å²) in [7, 11) is 0. The van der Waals surface area contributed by atoms with Crippen molar-refractivity contribution in [2.75, 3.05) is 0 Å². The number of hydrogen-bond acceptors (Lipinski definition) is 9. The van der Waals surface area contributed by atoms with Crippen molar-refractivity contribution >= 4 is 34.8 Å². The zero-order chi connectivity index (χ0) is 47.2. The molecule has 0 spiro atoms. The van der Waals surface area contributed by atoms with Gasteiger partial charge in [-0.15, -0.1) is 0 Å². The van der Waals surface area contributed by atoms with Gasteiger partial charge < -0.3 is 23.5 Å². The largest absolute Gasteiger partial charge is 0.426 e. The summed E-state index contributed by atoms with van der Waals surface area (Å²) >= 11 is 0. The summed E-state index contributed by atoms with van der Waals surface area (Å²) < 4.78 is 25.6. The molecule has 10 nitrogen and oxygen atoms in total. The standard InChI is InChI=1S/C53H79NO9/c1-14-15-16-17-18-19-20-21-22-23-24-25-26-27-28-29-34-54-40-36-38(60-46(56)50(2,3)4)31-32-39(40)44(55)45(63-49(59)53(11,12)13)43(54)37-30-33-41(61-47(57)51(5,6)7)42(35-37)62-48(58)52(8,9)10/h30-33,35-36H,14-29,34H2,1-13H3. The molecule has 3 rings (SSSR count). The first kappa shape index (κ1) is 52.9. The van der Waals surface area contributed by atoms with Crippen LogP contribution in [0.3, 0.4) is 0 Å². The minimum absolute atomic E-state index is 0.0216. The van der Waals surface area contributed by atoms with Gasteiger partial charge in [0.15, 0.2) is 11.5 Å². The van der Waals surface area contributed by atoms with Crippen LogP contribution in [0, 0.1) is 21.7 Å². The van der Waals surface area contributed by atoms with E-state index in [2.05, 4.69) is 6.92 Å². The number of carbonyl (C=O) groups is 4. The highest BCUT2D eigenvalue weighted by Crippen LogP contribution is 2.40. The minimum atomic E-state index is -0.958. The number of unbranched alkanes of at least 4 members (excludes halogenated alkanes) is 15. The van der Waals surface area contributed by atoms with Gasteiger partial charge in [0.2, 0.25) is 11.2 Å². The Kier molecular flexibility index (Phi) is 19.7. The number of aromatic nitrogens is 1. The van der Waals surface area contributed by atoms with E-state index in [0.29, 0.717) is 17.6 Å². The quantitative estimate of drug-likeness (QED) is 0.0550. The molecule has 0 fully saturated rings. The first-order chi connectivity index (χ1) is 29.4. The molecular formula is C53H79NO9. The van der Waals surface area contributed by atoms with Crippen molar-refractivity contribution in [3.63, 3.8) is 0 Å². The number of aryl methyl sites for hydroxylation is 1. The molecule has 0 saturated heterocycles. The number of hydrogen-bond donors (Lipinski definition) is 0. The smallest absolute Gasteiger partial charge is 0.316 e. The monoisotopic (exact) mass is 874 g/mol. The molecule has 0 unspecified atom stereocenters. The third kappa shape index (κ3) is 16.6. The normalized spacial score (nSPS) is 12.3. The van der Waals surface area contributed by atoms with E-state index in [4.69, 9.17) is 18.9 Å². The van der Waals surface area contributed by atoms with Crippen LogP contribution in [-0.2, 0) is 25.7 Å². The van der Waals surface area contributed by atoms with Gasteiger partial charge in [-0.05, 0) is 120 Å². The summed E-state index contributed by atoms with van der Waals surface area (Å²) in [6.07, 6.45) is 19.5. The molecule has 1 heterocycles. The first-order valence-electron chi connectivity index (χ1n) is 23.6. The second-order valence-corrected chi connectivity index (χ2v) is 21.4. The van der Waals surface area contributed by atoms with Gasteiger partial charge in [0.25, 0.3) is 0 Å². The summed E-state index contributed by atoms with van der Waals surface area (Å²) in [6, 6.07) is 9.56. The number of pyridine rings is 1. The van der Waals surface area contributed by atoms with Gasteiger partial charge in [-0.2, -0.15) is 0 Å². The van der Waals surface area contributed by atoms with Crippen molar-refractivity contribution in [2.24, 2.45) is 21.7 Å². The average molecular weight is 874 g/mol. The van der Waals surface area contributed by atoms with E-state index in [0.717, 1.165) is 25.7 Å². The Bertz CT molecular complexity index is 2070. The van der Waals surface area contributed by atoms with Crippen LogP contribution in [-0.4, -0.2) is 28.4 Å². The van der Waals surface area contributed by atoms with Gasteiger partial charge in [0.05, 0.1) is 32.9 Å². The maximum absolute atomic E-state index is 14.6. The van der Waals surface area contributed by atoms with Crippen LogP contribution >= 0.6 is 0 Å².